The maximum absolute atomic E-state index is 12.4. The van der Waals surface area contributed by atoms with Crippen LogP contribution >= 0.6 is 12.2 Å². The Morgan fingerprint density at radius 3 is 2.58 bits per heavy atom. The van der Waals surface area contributed by atoms with Gasteiger partial charge in [-0.3, -0.25) is 4.79 Å². The number of nitrogens with zero attached hydrogens (tertiary/aromatic N) is 1. The number of rotatable bonds is 3. The molecule has 0 fully saturated rings. The third-order valence-electron chi connectivity index (χ3n) is 2.40. The largest absolute Gasteiger partial charge is 0.471 e. The summed E-state index contributed by atoms with van der Waals surface area (Å²) in [7, 11) is 0. The van der Waals surface area contributed by atoms with Crippen LogP contribution in [0.25, 0.3) is 0 Å². The number of hydrogen-bond acceptors (Lipinski definition) is 4. The average molecular weight is 275 g/mol. The fraction of sp³-hybridized carbons (Fsp3) is 0.143. The highest BCUT2D eigenvalue weighted by molar-refractivity contribution is 7.80. The van der Waals surface area contributed by atoms with Crippen LogP contribution in [0.1, 0.15) is 17.5 Å². The molecule has 1 aromatic carbocycles. The Morgan fingerprint density at radius 2 is 2.00 bits per heavy atom. The number of carbonyl (C=O) groups excluding carboxylic acids is 1. The van der Waals surface area contributed by atoms with Crippen molar-refractivity contribution in [2.45, 2.75) is 6.92 Å². The summed E-state index contributed by atoms with van der Waals surface area (Å²) in [6, 6.07) is 12.3. The van der Waals surface area contributed by atoms with Crippen molar-refractivity contribution in [1.82, 2.24) is 0 Å². The van der Waals surface area contributed by atoms with Gasteiger partial charge in [-0.15, -0.1) is 0 Å². The first-order chi connectivity index (χ1) is 9.24. The second-order valence-electron chi connectivity index (χ2n) is 3.65. The predicted octanol–water partition coefficient (Wildman–Crippen LogP) is 3.25. The van der Waals surface area contributed by atoms with Gasteiger partial charge in [0.2, 0.25) is 0 Å². The molecule has 2 rings (SSSR count). The minimum absolute atomic E-state index is 0.107. The number of anilines is 1. The smallest absolute Gasteiger partial charge is 0.301 e. The van der Waals surface area contributed by atoms with E-state index in [1.54, 1.807) is 24.3 Å². The van der Waals surface area contributed by atoms with Crippen LogP contribution < -0.4 is 4.90 Å². The second-order valence-corrected chi connectivity index (χ2v) is 4.00. The molecule has 4 nitrogen and oxygen atoms in total. The van der Waals surface area contributed by atoms with Crippen molar-refractivity contribution in [3.63, 3.8) is 0 Å². The zero-order valence-corrected chi connectivity index (χ0v) is 11.2. The molecule has 0 saturated carbocycles. The van der Waals surface area contributed by atoms with Gasteiger partial charge >= 0.3 is 5.91 Å². The molecule has 0 aliphatic heterocycles. The van der Waals surface area contributed by atoms with E-state index in [1.807, 2.05) is 25.1 Å². The van der Waals surface area contributed by atoms with Crippen LogP contribution in [-0.4, -0.2) is 17.7 Å². The summed E-state index contributed by atoms with van der Waals surface area (Å²) in [6.45, 7) is 2.21. The summed E-state index contributed by atoms with van der Waals surface area (Å²) < 4.78 is 10.4. The number of hydrogen-bond donors (Lipinski definition) is 0. The molecular formula is C14H13NO3S. The van der Waals surface area contributed by atoms with Crippen molar-refractivity contribution in [3.8, 4) is 0 Å². The molecule has 0 radical (unpaired) electrons. The fourth-order valence-electron chi connectivity index (χ4n) is 1.58. The number of carbonyl (C=O) groups is 1. The quantitative estimate of drug-likeness (QED) is 0.806. The topological polar surface area (TPSA) is 42.7 Å². The van der Waals surface area contributed by atoms with Crippen molar-refractivity contribution in [1.29, 1.82) is 0 Å². The summed E-state index contributed by atoms with van der Waals surface area (Å²) in [4.78, 5) is 13.7. The molecule has 98 valence electrons. The minimum atomic E-state index is -0.352. The Kier molecular flexibility index (Phi) is 4.30. The normalized spacial score (nSPS) is 9.95. The molecule has 0 aliphatic rings. The molecule has 19 heavy (non-hydrogen) atoms. The lowest BCUT2D eigenvalue weighted by atomic mass is 10.3. The average Bonchev–Trinajstić information content (AvgIpc) is 2.94. The first kappa shape index (κ1) is 13.3. The Labute approximate surface area is 116 Å². The van der Waals surface area contributed by atoms with Gasteiger partial charge in [0.15, 0.2) is 5.76 Å². The summed E-state index contributed by atoms with van der Waals surface area (Å²) in [5.74, 6) is -0.138. The van der Waals surface area contributed by atoms with Crippen LogP contribution in [0.4, 0.5) is 5.69 Å². The maximum Gasteiger partial charge on any atom is 0.301 e. The van der Waals surface area contributed by atoms with Gasteiger partial charge in [0.1, 0.15) is 0 Å². The summed E-state index contributed by atoms with van der Waals surface area (Å²) in [6.07, 6.45) is 1.44. The third kappa shape index (κ3) is 3.00. The van der Waals surface area contributed by atoms with Gasteiger partial charge in [-0.2, -0.15) is 0 Å². The highest BCUT2D eigenvalue weighted by Crippen LogP contribution is 2.18. The first-order valence-electron chi connectivity index (χ1n) is 5.83. The molecule has 0 saturated heterocycles. The summed E-state index contributed by atoms with van der Waals surface area (Å²) in [5, 5.41) is 0.107. The molecule has 0 spiro atoms. The first-order valence-corrected chi connectivity index (χ1v) is 6.24. The van der Waals surface area contributed by atoms with E-state index in [0.717, 1.165) is 0 Å². The highest BCUT2D eigenvalue weighted by Gasteiger charge is 2.24. The molecule has 0 aliphatic carbocycles. The van der Waals surface area contributed by atoms with E-state index in [2.05, 4.69) is 0 Å². The summed E-state index contributed by atoms with van der Waals surface area (Å²) >= 11 is 5.15. The van der Waals surface area contributed by atoms with Crippen LogP contribution in [0.2, 0.25) is 0 Å². The van der Waals surface area contributed by atoms with E-state index in [4.69, 9.17) is 21.4 Å². The van der Waals surface area contributed by atoms with Crippen molar-refractivity contribution >= 4 is 29.0 Å². The Hall–Kier alpha value is -2.14. The zero-order chi connectivity index (χ0) is 13.7. The van der Waals surface area contributed by atoms with Crippen molar-refractivity contribution in [3.05, 3.63) is 54.5 Å². The van der Waals surface area contributed by atoms with Crippen LogP contribution in [-0.2, 0) is 4.74 Å². The van der Waals surface area contributed by atoms with Crippen molar-refractivity contribution < 1.29 is 13.9 Å². The van der Waals surface area contributed by atoms with Crippen molar-refractivity contribution in [2.75, 3.05) is 11.5 Å². The molecule has 1 heterocycles. The lowest BCUT2D eigenvalue weighted by Crippen LogP contribution is -2.37. The van der Waals surface area contributed by atoms with E-state index in [1.165, 1.54) is 11.2 Å². The zero-order valence-electron chi connectivity index (χ0n) is 10.4. The number of amides is 1. The van der Waals surface area contributed by atoms with Crippen LogP contribution in [0.15, 0.2) is 53.1 Å². The monoisotopic (exact) mass is 275 g/mol. The molecule has 1 amide bonds. The fourth-order valence-corrected chi connectivity index (χ4v) is 1.89. The number of furan rings is 1. The molecule has 0 atom stereocenters. The van der Waals surface area contributed by atoms with E-state index in [-0.39, 0.29) is 16.8 Å². The Bertz CT molecular complexity index is 551. The molecule has 2 aromatic rings. The van der Waals surface area contributed by atoms with Gasteiger partial charge in [0, 0.05) is 0 Å². The molecule has 0 N–H and O–H groups in total. The second kappa shape index (κ2) is 6.15. The number of ether oxygens (including phenoxy) is 1. The number of para-hydroxylation sites is 1. The molecular weight excluding hydrogens is 262 g/mol. The summed E-state index contributed by atoms with van der Waals surface area (Å²) in [5.41, 5.74) is 0.641. The minimum Gasteiger partial charge on any atom is -0.471 e. The van der Waals surface area contributed by atoms with Crippen LogP contribution in [0.3, 0.4) is 0 Å². The molecule has 5 heteroatoms. The van der Waals surface area contributed by atoms with Gasteiger partial charge in [0.05, 0.1) is 18.6 Å². The Balaban J connectivity index is 2.35. The Morgan fingerprint density at radius 1 is 1.26 bits per heavy atom. The third-order valence-corrected chi connectivity index (χ3v) is 2.70. The van der Waals surface area contributed by atoms with Gasteiger partial charge in [0.25, 0.3) is 5.17 Å². The van der Waals surface area contributed by atoms with Gasteiger partial charge < -0.3 is 9.15 Å². The van der Waals surface area contributed by atoms with Crippen LogP contribution in [0, 0.1) is 0 Å². The number of thiocarbonyl (C=S) groups is 1. The molecule has 0 unspecified atom stereocenters. The standard InChI is InChI=1S/C14H13NO3S/c1-2-17-14(19)15(11-7-4-3-5-8-11)13(16)12-9-6-10-18-12/h3-10H,2H2,1H3. The van der Waals surface area contributed by atoms with Gasteiger partial charge in [-0.05, 0) is 43.4 Å². The predicted molar refractivity (Wildman–Crippen MR) is 76.2 cm³/mol. The van der Waals surface area contributed by atoms with Gasteiger partial charge in [-0.1, -0.05) is 18.2 Å². The van der Waals surface area contributed by atoms with Gasteiger partial charge in [-0.25, -0.2) is 4.90 Å². The lowest BCUT2D eigenvalue weighted by Gasteiger charge is -2.21. The SMILES string of the molecule is CCOC(=S)N(C(=O)c1ccco1)c1ccccc1. The molecule has 1 aromatic heterocycles. The lowest BCUT2D eigenvalue weighted by molar-refractivity contribution is 0.0970. The van der Waals surface area contributed by atoms with Crippen LogP contribution in [0.5, 0.6) is 0 Å². The highest BCUT2D eigenvalue weighted by atomic mass is 32.1. The number of benzene rings is 1. The molecule has 0 bridgehead atoms. The van der Waals surface area contributed by atoms with E-state index >= 15 is 0 Å². The van der Waals surface area contributed by atoms with E-state index < -0.39 is 0 Å². The maximum atomic E-state index is 12.4. The van der Waals surface area contributed by atoms with Crippen molar-refractivity contribution in [2.24, 2.45) is 0 Å². The van der Waals surface area contributed by atoms with E-state index in [0.29, 0.717) is 12.3 Å². The van der Waals surface area contributed by atoms with E-state index in [9.17, 15) is 4.79 Å².